The van der Waals surface area contributed by atoms with Crippen LogP contribution in [0, 0.1) is 6.92 Å². The molecule has 7 heteroatoms. The Morgan fingerprint density at radius 3 is 2.38 bits per heavy atom. The number of aryl methyl sites for hydroxylation is 1. The summed E-state index contributed by atoms with van der Waals surface area (Å²) < 4.78 is 0. The third-order valence-electron chi connectivity index (χ3n) is 6.44. The van der Waals surface area contributed by atoms with Gasteiger partial charge in [-0.1, -0.05) is 26.0 Å². The molecule has 2 heterocycles. The van der Waals surface area contributed by atoms with Crippen molar-refractivity contribution in [2.45, 2.75) is 52.5 Å². The molecule has 0 spiro atoms. The van der Waals surface area contributed by atoms with E-state index in [1.807, 2.05) is 51.0 Å². The van der Waals surface area contributed by atoms with E-state index < -0.39 is 0 Å². The van der Waals surface area contributed by atoms with Crippen molar-refractivity contribution in [1.29, 1.82) is 0 Å². The highest BCUT2D eigenvalue weighted by atomic mass is 32.2. The molecule has 3 amide bonds. The number of imide groups is 1. The molecular formula is C27H31N3O3S. The van der Waals surface area contributed by atoms with Gasteiger partial charge >= 0.3 is 0 Å². The van der Waals surface area contributed by atoms with Gasteiger partial charge < -0.3 is 9.80 Å². The minimum Gasteiger partial charge on any atom is -0.377 e. The number of thioether (sulfide) groups is 1. The first kappa shape index (κ1) is 24.1. The maximum absolute atomic E-state index is 13.1. The van der Waals surface area contributed by atoms with Crippen LogP contribution < -0.4 is 15.1 Å². The quantitative estimate of drug-likeness (QED) is 0.591. The second-order valence-corrected chi connectivity index (χ2v) is 11.1. The number of benzene rings is 2. The Bertz CT molecular complexity index is 1240. The number of anilines is 2. The molecule has 1 fully saturated rings. The average Bonchev–Trinajstić information content (AvgIpc) is 3.03. The minimum absolute atomic E-state index is 0.0535. The zero-order valence-electron chi connectivity index (χ0n) is 20.8. The molecule has 0 unspecified atom stereocenters. The Hall–Kier alpha value is -3.06. The molecule has 34 heavy (non-hydrogen) atoms. The molecule has 0 aromatic heterocycles. The van der Waals surface area contributed by atoms with Crippen LogP contribution in [-0.4, -0.2) is 37.2 Å². The first-order valence-electron chi connectivity index (χ1n) is 11.4. The molecule has 0 aliphatic carbocycles. The molecule has 2 aromatic rings. The van der Waals surface area contributed by atoms with E-state index in [1.165, 1.54) is 5.56 Å². The summed E-state index contributed by atoms with van der Waals surface area (Å²) in [5, 5.41) is 1.95. The van der Waals surface area contributed by atoms with Gasteiger partial charge in [-0.25, -0.2) is 0 Å². The molecule has 0 bridgehead atoms. The summed E-state index contributed by atoms with van der Waals surface area (Å²) in [6, 6.07) is 10.4. The molecule has 6 nitrogen and oxygen atoms in total. The molecule has 178 valence electrons. The lowest BCUT2D eigenvalue weighted by Gasteiger charge is -2.41. The fourth-order valence-electron chi connectivity index (χ4n) is 4.81. The number of hydrogen-bond acceptors (Lipinski definition) is 5. The van der Waals surface area contributed by atoms with Crippen molar-refractivity contribution in [3.63, 3.8) is 0 Å². The third-order valence-corrected chi connectivity index (χ3v) is 7.25. The lowest BCUT2D eigenvalue weighted by molar-refractivity contribution is -0.120. The predicted molar refractivity (Wildman–Crippen MR) is 140 cm³/mol. The third kappa shape index (κ3) is 4.25. The number of fused-ring (bicyclic) bond motifs is 1. The van der Waals surface area contributed by atoms with Crippen molar-refractivity contribution in [2.75, 3.05) is 23.9 Å². The smallest absolute Gasteiger partial charge is 0.290 e. The van der Waals surface area contributed by atoms with Gasteiger partial charge in [0.25, 0.3) is 11.1 Å². The zero-order valence-corrected chi connectivity index (χ0v) is 21.6. The Labute approximate surface area is 205 Å². The van der Waals surface area contributed by atoms with E-state index in [4.69, 9.17) is 0 Å². The Morgan fingerprint density at radius 2 is 1.79 bits per heavy atom. The van der Waals surface area contributed by atoms with Crippen molar-refractivity contribution in [1.82, 2.24) is 5.32 Å². The van der Waals surface area contributed by atoms with Gasteiger partial charge in [-0.2, -0.15) is 0 Å². The summed E-state index contributed by atoms with van der Waals surface area (Å²) >= 11 is 0.913. The molecule has 1 N–H and O–H groups in total. The van der Waals surface area contributed by atoms with E-state index in [-0.39, 0.29) is 28.5 Å². The van der Waals surface area contributed by atoms with Crippen LogP contribution in [0.2, 0.25) is 0 Å². The molecular weight excluding hydrogens is 446 g/mol. The number of carbonyl (C=O) groups excluding carboxylic acids is 3. The summed E-state index contributed by atoms with van der Waals surface area (Å²) in [6.07, 6.45) is 2.23. The minimum atomic E-state index is -0.369. The van der Waals surface area contributed by atoms with E-state index in [0.29, 0.717) is 11.3 Å². The van der Waals surface area contributed by atoms with Crippen LogP contribution in [0.5, 0.6) is 0 Å². The fraction of sp³-hybridized carbons (Fsp3) is 0.370. The fourth-order valence-corrected chi connectivity index (χ4v) is 5.49. The van der Waals surface area contributed by atoms with E-state index >= 15 is 0 Å². The molecule has 0 radical (unpaired) electrons. The SMILES string of the molecule is Cc1cc2c(cc1-c1cc(/C=C3/SC(=O)NC3=O)ccc1N(C)C)N(C(C)C)C(=O)CC2(C)C. The number of carbonyl (C=O) groups is 3. The molecule has 2 aromatic carbocycles. The molecule has 2 aliphatic heterocycles. The van der Waals surface area contributed by atoms with Crippen molar-refractivity contribution in [3.8, 4) is 11.1 Å². The summed E-state index contributed by atoms with van der Waals surface area (Å²) in [5.41, 5.74) is 6.95. The topological polar surface area (TPSA) is 69.7 Å². The molecule has 0 saturated carbocycles. The van der Waals surface area contributed by atoms with Crippen LogP contribution in [0.4, 0.5) is 16.2 Å². The summed E-state index contributed by atoms with van der Waals surface area (Å²) in [5.74, 6) is -0.228. The van der Waals surface area contributed by atoms with Crippen LogP contribution in [-0.2, 0) is 15.0 Å². The van der Waals surface area contributed by atoms with Crippen LogP contribution in [0.15, 0.2) is 35.2 Å². The number of amides is 3. The summed E-state index contributed by atoms with van der Waals surface area (Å²) in [6.45, 7) is 10.5. The highest BCUT2D eigenvalue weighted by Crippen LogP contribution is 2.45. The van der Waals surface area contributed by atoms with Gasteiger partial charge in [-0.15, -0.1) is 0 Å². The van der Waals surface area contributed by atoms with Crippen LogP contribution in [0.25, 0.3) is 17.2 Å². The normalized spacial score (nSPS) is 18.5. The lowest BCUT2D eigenvalue weighted by Crippen LogP contribution is -2.45. The Balaban J connectivity index is 1.92. The van der Waals surface area contributed by atoms with Gasteiger partial charge in [-0.05, 0) is 79.1 Å². The summed E-state index contributed by atoms with van der Waals surface area (Å²) in [7, 11) is 3.99. The number of nitrogens with zero attached hydrogens (tertiary/aromatic N) is 2. The second kappa shape index (κ2) is 8.62. The second-order valence-electron chi connectivity index (χ2n) is 10.1. The Kier molecular flexibility index (Phi) is 6.10. The van der Waals surface area contributed by atoms with Crippen molar-refractivity contribution < 1.29 is 14.4 Å². The van der Waals surface area contributed by atoms with Crippen LogP contribution in [0.3, 0.4) is 0 Å². The van der Waals surface area contributed by atoms with Crippen molar-refractivity contribution >= 4 is 46.3 Å². The van der Waals surface area contributed by atoms with E-state index in [9.17, 15) is 14.4 Å². The van der Waals surface area contributed by atoms with Gasteiger partial charge in [-0.3, -0.25) is 19.7 Å². The first-order chi connectivity index (χ1) is 15.9. The van der Waals surface area contributed by atoms with Gasteiger partial charge in [0, 0.05) is 48.9 Å². The zero-order chi connectivity index (χ0) is 24.9. The largest absolute Gasteiger partial charge is 0.377 e. The number of hydrogen-bond donors (Lipinski definition) is 1. The van der Waals surface area contributed by atoms with E-state index in [0.717, 1.165) is 45.4 Å². The van der Waals surface area contributed by atoms with Crippen LogP contribution in [0.1, 0.15) is 50.8 Å². The van der Waals surface area contributed by atoms with Gasteiger partial charge in [0.2, 0.25) is 5.91 Å². The van der Waals surface area contributed by atoms with Gasteiger partial charge in [0.05, 0.1) is 4.91 Å². The maximum atomic E-state index is 13.1. The molecule has 4 rings (SSSR count). The maximum Gasteiger partial charge on any atom is 0.290 e. The molecule has 0 atom stereocenters. The number of rotatable bonds is 4. The lowest BCUT2D eigenvalue weighted by atomic mass is 9.75. The predicted octanol–water partition coefficient (Wildman–Crippen LogP) is 5.47. The van der Waals surface area contributed by atoms with Crippen molar-refractivity contribution in [3.05, 3.63) is 51.9 Å². The van der Waals surface area contributed by atoms with E-state index in [2.05, 4.69) is 43.1 Å². The van der Waals surface area contributed by atoms with Crippen molar-refractivity contribution in [2.24, 2.45) is 0 Å². The first-order valence-corrected chi connectivity index (χ1v) is 12.2. The monoisotopic (exact) mass is 477 g/mol. The van der Waals surface area contributed by atoms with Gasteiger partial charge in [0.15, 0.2) is 0 Å². The average molecular weight is 478 g/mol. The molecule has 2 aliphatic rings. The van der Waals surface area contributed by atoms with Gasteiger partial charge in [0.1, 0.15) is 0 Å². The van der Waals surface area contributed by atoms with Crippen LogP contribution >= 0.6 is 11.8 Å². The van der Waals surface area contributed by atoms with E-state index in [1.54, 1.807) is 6.08 Å². The standard InChI is InChI=1S/C27H31N3O3S/c1-15(2)30-22-13-18(16(3)10-20(22)27(4,5)14-24(30)31)19-11-17(8-9-21(19)29(6)7)12-23-25(32)28-26(33)34-23/h8-13,15H,14H2,1-7H3,(H,28,32,33)/b23-12+. The highest BCUT2D eigenvalue weighted by Gasteiger charge is 2.38. The number of nitrogens with one attached hydrogen (secondary N) is 1. The summed E-state index contributed by atoms with van der Waals surface area (Å²) in [4.78, 5) is 41.1. The Morgan fingerprint density at radius 1 is 1.09 bits per heavy atom. The highest BCUT2D eigenvalue weighted by molar-refractivity contribution is 8.18. The molecule has 1 saturated heterocycles.